The predicted molar refractivity (Wildman–Crippen MR) is 275 cm³/mol. The van der Waals surface area contributed by atoms with E-state index < -0.39 is 0 Å². The van der Waals surface area contributed by atoms with Gasteiger partial charge in [-0.25, -0.2) is 19.9 Å². The van der Waals surface area contributed by atoms with Crippen LogP contribution in [-0.2, 0) is 0 Å². The van der Waals surface area contributed by atoms with Crippen molar-refractivity contribution < 1.29 is 0 Å². The Hall–Kier alpha value is -8.28. The Balaban J connectivity index is 0.000000155. The van der Waals surface area contributed by atoms with Crippen LogP contribution in [0.25, 0.3) is 111 Å². The van der Waals surface area contributed by atoms with E-state index >= 15 is 0 Å². The number of aromatic nitrogens is 14. The van der Waals surface area contributed by atoms with Gasteiger partial charge in [0.25, 0.3) is 0 Å². The minimum Gasteiger partial charge on any atom is -0.358 e. The third-order valence-electron chi connectivity index (χ3n) is 10.9. The van der Waals surface area contributed by atoms with Crippen molar-refractivity contribution in [3.8, 4) is 66.7 Å². The lowest BCUT2D eigenvalue weighted by molar-refractivity contribution is 0.645. The lowest BCUT2D eigenvalue weighted by Crippen LogP contribution is -2.02. The number of thiophene rings is 2. The molecule has 0 spiro atoms. The number of nitrogens with zero attached hydrogens (tertiary/aromatic N) is 10. The molecular weight excluding hydrogens is 887 g/mol. The molecule has 336 valence electrons. The highest BCUT2D eigenvalue weighted by molar-refractivity contribution is 7.13. The average Bonchev–Trinajstić information content (AvgIpc) is 4.23. The van der Waals surface area contributed by atoms with Crippen molar-refractivity contribution in [3.05, 3.63) is 139 Å². The van der Waals surface area contributed by atoms with E-state index in [-0.39, 0.29) is 0 Å². The Morgan fingerprint density at radius 3 is 1.75 bits per heavy atom. The molecule has 0 amide bonds. The van der Waals surface area contributed by atoms with E-state index in [1.165, 1.54) is 0 Å². The van der Waals surface area contributed by atoms with Crippen LogP contribution in [-0.4, -0.2) is 70.2 Å². The molecule has 0 aliphatic rings. The van der Waals surface area contributed by atoms with Crippen LogP contribution < -0.4 is 5.32 Å². The van der Waals surface area contributed by atoms with Crippen LogP contribution in [0.15, 0.2) is 133 Å². The molecule has 0 bridgehead atoms. The monoisotopic (exact) mass is 931 g/mol. The van der Waals surface area contributed by atoms with Crippen LogP contribution in [0.4, 0.5) is 5.69 Å². The summed E-state index contributed by atoms with van der Waals surface area (Å²) < 4.78 is 0. The van der Waals surface area contributed by atoms with Crippen LogP contribution in [0, 0.1) is 12.8 Å². The van der Waals surface area contributed by atoms with Crippen LogP contribution >= 0.6 is 22.7 Å². The van der Waals surface area contributed by atoms with Crippen molar-refractivity contribution in [3.63, 3.8) is 0 Å². The highest BCUT2D eigenvalue weighted by Gasteiger charge is 2.20. The van der Waals surface area contributed by atoms with Crippen LogP contribution in [0.3, 0.4) is 0 Å². The molecule has 0 saturated carbocycles. The molecule has 0 fully saturated rings. The molecule has 0 unspecified atom stereocenters. The van der Waals surface area contributed by atoms with Gasteiger partial charge in [-0.05, 0) is 96.2 Å². The Morgan fingerprint density at radius 1 is 0.618 bits per heavy atom. The highest BCUT2D eigenvalue weighted by atomic mass is 32.1. The molecular formula is C51H45N15S2. The molecule has 68 heavy (non-hydrogen) atoms. The fourth-order valence-electron chi connectivity index (χ4n) is 7.85. The van der Waals surface area contributed by atoms with Gasteiger partial charge in [0.05, 0.1) is 55.1 Å². The van der Waals surface area contributed by atoms with E-state index in [9.17, 15) is 0 Å². The second kappa shape index (κ2) is 18.9. The Morgan fingerprint density at radius 2 is 1.19 bits per heavy atom. The normalized spacial score (nSPS) is 11.3. The molecule has 5 N–H and O–H groups in total. The molecule has 17 heteroatoms. The summed E-state index contributed by atoms with van der Waals surface area (Å²) in [7, 11) is 0. The van der Waals surface area contributed by atoms with E-state index in [4.69, 9.17) is 19.9 Å². The molecule has 0 aromatic carbocycles. The minimum atomic E-state index is 0.528. The topological polar surface area (TPSA) is 204 Å². The van der Waals surface area contributed by atoms with Crippen molar-refractivity contribution in [2.45, 2.75) is 41.0 Å². The van der Waals surface area contributed by atoms with E-state index in [2.05, 4.69) is 89.0 Å². The predicted octanol–water partition coefficient (Wildman–Crippen LogP) is 12.7. The largest absolute Gasteiger partial charge is 0.358 e. The molecule has 12 aromatic heterocycles. The first-order valence-corrected chi connectivity index (χ1v) is 23.9. The molecule has 12 heterocycles. The first-order valence-electron chi connectivity index (χ1n) is 22.1. The summed E-state index contributed by atoms with van der Waals surface area (Å²) in [6.07, 6.45) is 11.7. The molecule has 0 radical (unpaired) electrons. The average molecular weight is 932 g/mol. The van der Waals surface area contributed by atoms with Crippen molar-refractivity contribution in [2.75, 3.05) is 5.32 Å². The third kappa shape index (κ3) is 8.63. The number of anilines is 1. The Kier molecular flexibility index (Phi) is 12.1. The number of H-pyrrole nitrogens is 4. The lowest BCUT2D eigenvalue weighted by atomic mass is 10.1. The van der Waals surface area contributed by atoms with Gasteiger partial charge >= 0.3 is 0 Å². The fourth-order valence-corrected chi connectivity index (χ4v) is 9.29. The van der Waals surface area contributed by atoms with Crippen molar-refractivity contribution in [1.82, 2.24) is 70.2 Å². The van der Waals surface area contributed by atoms with Crippen LogP contribution in [0.2, 0.25) is 0 Å². The molecule has 12 rings (SSSR count). The molecule has 12 aromatic rings. The summed E-state index contributed by atoms with van der Waals surface area (Å²) in [5.41, 5.74) is 16.2. The number of aryl methyl sites for hydroxylation is 1. The summed E-state index contributed by atoms with van der Waals surface area (Å²) in [6.45, 7) is 14.5. The summed E-state index contributed by atoms with van der Waals surface area (Å²) in [5, 5.41) is 22.6. The van der Waals surface area contributed by atoms with E-state index in [0.29, 0.717) is 29.0 Å². The smallest absolute Gasteiger partial charge is 0.161 e. The zero-order chi connectivity index (χ0) is 46.7. The standard InChI is InChI=1S/C27H24N8S.C22H15N7S.C2H6/c1-15(2)11-16(3)30-18-12-17(13-28-14-18)19-6-7-21-24(31-19)26(35-34-21)27-32-20-8-9-29-25(23(20)33-27)22-5-4-10-36-22;1-12-6-8-23-11-13(12)14-4-5-16-19(25-14)21(29-28-16)22-26-15-7-9-24-20(18(15)27-22)17-3-2-10-30-17;1-2/h4-10,12-15,30H,3,11H2,1-2H3,(H,32,33)(H,34,35);2-11H,1H3,(H,26,27)(H,28,29);1-2H3. The van der Waals surface area contributed by atoms with Crippen molar-refractivity contribution >= 4 is 72.5 Å². The molecule has 15 nitrogen and oxygen atoms in total. The van der Waals surface area contributed by atoms with Crippen LogP contribution in [0.5, 0.6) is 0 Å². The van der Waals surface area contributed by atoms with Crippen molar-refractivity contribution in [2.24, 2.45) is 5.92 Å². The van der Waals surface area contributed by atoms with Gasteiger partial charge in [-0.2, -0.15) is 10.2 Å². The zero-order valence-corrected chi connectivity index (χ0v) is 39.5. The van der Waals surface area contributed by atoms with Gasteiger partial charge in [0.2, 0.25) is 0 Å². The number of hydrogen-bond acceptors (Lipinski definition) is 13. The van der Waals surface area contributed by atoms with Gasteiger partial charge in [0.15, 0.2) is 23.0 Å². The number of fused-ring (bicyclic) bond motifs is 4. The summed E-state index contributed by atoms with van der Waals surface area (Å²) in [5.74, 6) is 1.83. The Bertz CT molecular complexity index is 3690. The quantitative estimate of drug-likeness (QED) is 0.0872. The van der Waals surface area contributed by atoms with Gasteiger partial charge in [0, 0.05) is 47.8 Å². The molecule has 0 saturated heterocycles. The number of pyridine rings is 6. The van der Waals surface area contributed by atoms with E-state index in [1.54, 1.807) is 47.5 Å². The number of aromatic amines is 4. The highest BCUT2D eigenvalue weighted by Crippen LogP contribution is 2.35. The summed E-state index contributed by atoms with van der Waals surface area (Å²) >= 11 is 3.28. The summed E-state index contributed by atoms with van der Waals surface area (Å²) in [6, 6.07) is 23.9. The van der Waals surface area contributed by atoms with Gasteiger partial charge in [-0.3, -0.25) is 30.1 Å². The van der Waals surface area contributed by atoms with Gasteiger partial charge in [0.1, 0.15) is 33.5 Å². The second-order valence-corrected chi connectivity index (χ2v) is 17.9. The van der Waals surface area contributed by atoms with E-state index in [1.807, 2.05) is 104 Å². The third-order valence-corrected chi connectivity index (χ3v) is 12.7. The first-order chi connectivity index (χ1) is 33.3. The zero-order valence-electron chi connectivity index (χ0n) is 37.8. The van der Waals surface area contributed by atoms with Gasteiger partial charge < -0.3 is 15.3 Å². The number of allylic oxidation sites excluding steroid dienone is 1. The number of hydrogen-bond donors (Lipinski definition) is 5. The number of nitrogens with one attached hydrogen (secondary N) is 5. The van der Waals surface area contributed by atoms with Crippen molar-refractivity contribution in [1.29, 1.82) is 0 Å². The second-order valence-electron chi connectivity index (χ2n) is 16.0. The first kappa shape index (κ1) is 43.6. The lowest BCUT2D eigenvalue weighted by Gasteiger charge is -2.12. The maximum atomic E-state index is 4.94. The molecule has 0 atom stereocenters. The number of imidazole rings is 2. The maximum absolute atomic E-state index is 4.94. The molecule has 0 aliphatic carbocycles. The van der Waals surface area contributed by atoms with E-state index in [0.717, 1.165) is 111 Å². The SMILES string of the molecule is C=C(CC(C)C)Nc1cncc(-c2ccc3[nH]nc(-c4nc5c(-c6cccs6)nccc5[nH]4)c3n2)c1.CC.Cc1ccncc1-c1ccc2[nH]nc(-c3nc4c(-c5cccs5)nccc4[nH]3)c2n1. The summed E-state index contributed by atoms with van der Waals surface area (Å²) in [4.78, 5) is 46.2. The number of rotatable bonds is 10. The van der Waals surface area contributed by atoms with Gasteiger partial charge in [-0.1, -0.05) is 46.4 Å². The maximum Gasteiger partial charge on any atom is 0.161 e. The van der Waals surface area contributed by atoms with Crippen LogP contribution in [0.1, 0.15) is 39.7 Å². The van der Waals surface area contributed by atoms with Gasteiger partial charge in [-0.15, -0.1) is 22.7 Å². The fraction of sp³-hybridized carbons (Fsp3) is 0.137. The Labute approximate surface area is 398 Å². The minimum absolute atomic E-state index is 0.528. The molecule has 0 aliphatic heterocycles.